The molecule has 0 aromatic carbocycles. The molecule has 0 aromatic rings. The minimum absolute atomic E-state index is 0. The van der Waals surface area contributed by atoms with Crippen LogP contribution in [0.2, 0.25) is 0 Å². The van der Waals surface area contributed by atoms with E-state index in [-0.39, 0.29) is 38.3 Å². The van der Waals surface area contributed by atoms with E-state index in [9.17, 15) is 4.79 Å². The predicted octanol–water partition coefficient (Wildman–Crippen LogP) is -2.47. The van der Waals surface area contributed by atoms with Crippen LogP contribution in [0.1, 0.15) is 0 Å². The first-order valence-electron chi connectivity index (χ1n) is 3.36. The molecule has 0 spiro atoms. The fraction of sp³-hybridized carbons (Fsp3) is 0.833. The van der Waals surface area contributed by atoms with Crippen LogP contribution in [0.4, 0.5) is 0 Å². The van der Waals surface area contributed by atoms with E-state index in [1.54, 1.807) is 0 Å². The summed E-state index contributed by atoms with van der Waals surface area (Å²) in [6.07, 6.45) is 0. The van der Waals surface area contributed by atoms with Gasteiger partial charge in [0.1, 0.15) is 0 Å². The van der Waals surface area contributed by atoms with Crippen molar-refractivity contribution in [2.24, 2.45) is 0 Å². The van der Waals surface area contributed by atoms with E-state index in [4.69, 9.17) is 15.3 Å². The smallest absolute Gasteiger partial charge is 0.317 e. The molecule has 0 bridgehead atoms. The first-order valence-corrected chi connectivity index (χ1v) is 3.36. The van der Waals surface area contributed by atoms with Crippen LogP contribution in [0.15, 0.2) is 0 Å². The van der Waals surface area contributed by atoms with Crippen LogP contribution in [0.25, 0.3) is 0 Å². The van der Waals surface area contributed by atoms with Crippen molar-refractivity contribution in [3.05, 3.63) is 0 Å². The van der Waals surface area contributed by atoms with Crippen LogP contribution in [0.5, 0.6) is 0 Å². The number of carboxylic acid groups (broad SMARTS) is 1. The minimum Gasteiger partial charge on any atom is -0.480 e. The lowest BCUT2D eigenvalue weighted by Crippen LogP contribution is -2.34. The largest absolute Gasteiger partial charge is 0.480 e. The highest BCUT2D eigenvalue weighted by atomic mass is 16.4. The Morgan fingerprint density at radius 3 is 1.83 bits per heavy atom. The molecule has 6 nitrogen and oxygen atoms in total. The normalized spacial score (nSPS) is 9.58. The van der Waals surface area contributed by atoms with Gasteiger partial charge < -0.3 is 20.8 Å². The average Bonchev–Trinajstić information content (AvgIpc) is 1.87. The average molecular weight is 181 g/mol. The van der Waals surface area contributed by atoms with Crippen molar-refractivity contribution in [2.75, 3.05) is 32.8 Å². The summed E-state index contributed by atoms with van der Waals surface area (Å²) >= 11 is 0. The molecule has 0 aliphatic heterocycles. The maximum atomic E-state index is 10.2. The topological polar surface area (TPSA) is 112 Å². The summed E-state index contributed by atoms with van der Waals surface area (Å²) in [7, 11) is 0. The van der Waals surface area contributed by atoms with Gasteiger partial charge in [-0.1, -0.05) is 0 Å². The van der Waals surface area contributed by atoms with E-state index in [0.717, 1.165) is 0 Å². The third-order valence-electron chi connectivity index (χ3n) is 1.19. The molecule has 0 radical (unpaired) electrons. The first-order chi connectivity index (χ1) is 5.20. The molecule has 0 unspecified atom stereocenters. The number of aliphatic carboxylic acids is 1. The summed E-state index contributed by atoms with van der Waals surface area (Å²) in [6, 6.07) is 0. The Bertz CT molecular complexity index is 113. The van der Waals surface area contributed by atoms with Gasteiger partial charge in [-0.15, -0.1) is 0 Å². The molecule has 0 rings (SSSR count). The molecule has 0 atom stereocenters. The molecule has 0 amide bonds. The molecule has 0 fully saturated rings. The third-order valence-corrected chi connectivity index (χ3v) is 1.19. The van der Waals surface area contributed by atoms with Crippen molar-refractivity contribution in [2.45, 2.75) is 0 Å². The second-order valence-corrected chi connectivity index (χ2v) is 2.12. The van der Waals surface area contributed by atoms with Gasteiger partial charge in [0.2, 0.25) is 0 Å². The van der Waals surface area contributed by atoms with Crippen LogP contribution in [0.3, 0.4) is 0 Å². The van der Waals surface area contributed by atoms with Crippen LogP contribution in [0, 0.1) is 0 Å². The van der Waals surface area contributed by atoms with E-state index in [2.05, 4.69) is 0 Å². The van der Waals surface area contributed by atoms with E-state index in [0.29, 0.717) is 0 Å². The monoisotopic (exact) mass is 181 g/mol. The van der Waals surface area contributed by atoms with E-state index < -0.39 is 5.97 Å². The number of carbonyl (C=O) groups is 1. The van der Waals surface area contributed by atoms with Gasteiger partial charge in [-0.2, -0.15) is 0 Å². The Balaban J connectivity index is 0. The second kappa shape index (κ2) is 8.41. The van der Waals surface area contributed by atoms with Gasteiger partial charge in [0.25, 0.3) is 0 Å². The van der Waals surface area contributed by atoms with Crippen molar-refractivity contribution in [1.29, 1.82) is 0 Å². The summed E-state index contributed by atoms with van der Waals surface area (Å²) in [4.78, 5) is 11.6. The van der Waals surface area contributed by atoms with Gasteiger partial charge in [-0.05, 0) is 0 Å². The molecule has 0 heterocycles. The zero-order valence-electron chi connectivity index (χ0n) is 6.73. The van der Waals surface area contributed by atoms with Crippen molar-refractivity contribution in [3.8, 4) is 0 Å². The van der Waals surface area contributed by atoms with E-state index in [1.165, 1.54) is 4.90 Å². The quantitative estimate of drug-likeness (QED) is 0.420. The standard InChI is InChI=1S/C6H13NO4.H2O/c8-3-1-7(2-4-9)5-6(10)11;/h8-9H,1-5H2,(H,10,11);1H2. The molecule has 6 heteroatoms. The lowest BCUT2D eigenvalue weighted by molar-refractivity contribution is -0.138. The van der Waals surface area contributed by atoms with Crippen LogP contribution in [-0.4, -0.2) is 64.5 Å². The summed E-state index contributed by atoms with van der Waals surface area (Å²) in [5.74, 6) is -0.952. The van der Waals surface area contributed by atoms with Gasteiger partial charge in [0, 0.05) is 13.1 Å². The van der Waals surface area contributed by atoms with E-state index >= 15 is 0 Å². The fourth-order valence-electron chi connectivity index (χ4n) is 0.744. The molecule has 0 aromatic heterocycles. The van der Waals surface area contributed by atoms with Crippen LogP contribution < -0.4 is 0 Å². The number of nitrogens with zero attached hydrogens (tertiary/aromatic N) is 1. The molecular weight excluding hydrogens is 166 g/mol. The van der Waals surface area contributed by atoms with Crippen molar-refractivity contribution in [3.63, 3.8) is 0 Å². The summed E-state index contributed by atoms with van der Waals surface area (Å²) in [6.45, 7) is 0.251. The predicted molar refractivity (Wildman–Crippen MR) is 41.9 cm³/mol. The second-order valence-electron chi connectivity index (χ2n) is 2.12. The zero-order valence-corrected chi connectivity index (χ0v) is 6.73. The van der Waals surface area contributed by atoms with Crippen molar-refractivity contribution >= 4 is 5.97 Å². The zero-order chi connectivity index (χ0) is 8.69. The number of aliphatic hydroxyl groups excluding tert-OH is 2. The summed E-state index contributed by atoms with van der Waals surface area (Å²) < 4.78 is 0. The SMILES string of the molecule is O.O=C(O)CN(CCO)CCO. The molecule has 12 heavy (non-hydrogen) atoms. The molecule has 74 valence electrons. The highest BCUT2D eigenvalue weighted by Gasteiger charge is 2.06. The molecule has 0 aliphatic carbocycles. The Labute approximate surface area is 70.3 Å². The highest BCUT2D eigenvalue weighted by molar-refractivity contribution is 5.69. The number of aliphatic hydroxyl groups is 2. The summed E-state index contributed by atoms with van der Waals surface area (Å²) in [5, 5.41) is 25.3. The third kappa shape index (κ3) is 7.42. The number of carboxylic acids is 1. The Kier molecular flexibility index (Phi) is 9.72. The fourth-order valence-corrected chi connectivity index (χ4v) is 0.744. The Morgan fingerprint density at radius 1 is 1.17 bits per heavy atom. The molecule has 0 aliphatic rings. The van der Waals surface area contributed by atoms with Crippen LogP contribution in [-0.2, 0) is 4.79 Å². The van der Waals surface area contributed by atoms with Crippen LogP contribution >= 0.6 is 0 Å². The van der Waals surface area contributed by atoms with Crippen molar-refractivity contribution in [1.82, 2.24) is 4.90 Å². The highest BCUT2D eigenvalue weighted by Crippen LogP contribution is 1.85. The molecule has 0 saturated carbocycles. The maximum Gasteiger partial charge on any atom is 0.317 e. The number of hydrogen-bond acceptors (Lipinski definition) is 4. The lowest BCUT2D eigenvalue weighted by Gasteiger charge is -2.16. The molecular formula is C6H15NO5. The van der Waals surface area contributed by atoms with Gasteiger partial charge >= 0.3 is 5.97 Å². The first kappa shape index (κ1) is 13.9. The van der Waals surface area contributed by atoms with Gasteiger partial charge in [0.15, 0.2) is 0 Å². The van der Waals surface area contributed by atoms with Gasteiger partial charge in [-0.25, -0.2) is 0 Å². The maximum absolute atomic E-state index is 10.2. The lowest BCUT2D eigenvalue weighted by atomic mass is 10.4. The Morgan fingerprint density at radius 2 is 1.58 bits per heavy atom. The van der Waals surface area contributed by atoms with Crippen molar-refractivity contribution < 1.29 is 25.6 Å². The number of hydrogen-bond donors (Lipinski definition) is 3. The molecule has 0 saturated heterocycles. The van der Waals surface area contributed by atoms with E-state index in [1.807, 2.05) is 0 Å². The van der Waals surface area contributed by atoms with Gasteiger partial charge in [-0.3, -0.25) is 9.69 Å². The molecule has 5 N–H and O–H groups in total. The minimum atomic E-state index is -0.952. The summed E-state index contributed by atoms with van der Waals surface area (Å²) in [5.41, 5.74) is 0. The van der Waals surface area contributed by atoms with Gasteiger partial charge in [0.05, 0.1) is 19.8 Å². The number of rotatable bonds is 6. The Hall–Kier alpha value is -0.690.